The van der Waals surface area contributed by atoms with Crippen LogP contribution in [0.4, 0.5) is 13.2 Å². The molecule has 2 aromatic carbocycles. The molecule has 0 spiro atoms. The number of oxazole rings is 1. The molecule has 3 rings (SSSR count). The molecule has 23 heavy (non-hydrogen) atoms. The van der Waals surface area contributed by atoms with Crippen molar-refractivity contribution < 1.29 is 22.4 Å². The van der Waals surface area contributed by atoms with Crippen molar-refractivity contribution in [2.45, 2.75) is 6.18 Å². The van der Waals surface area contributed by atoms with Crippen LogP contribution >= 0.6 is 0 Å². The Labute approximate surface area is 129 Å². The van der Waals surface area contributed by atoms with Crippen LogP contribution in [-0.2, 0) is 6.18 Å². The van der Waals surface area contributed by atoms with Gasteiger partial charge >= 0.3 is 12.1 Å². The van der Waals surface area contributed by atoms with Gasteiger partial charge in [0.25, 0.3) is 0 Å². The highest BCUT2D eigenvalue weighted by Crippen LogP contribution is 2.34. The van der Waals surface area contributed by atoms with Gasteiger partial charge in [-0.2, -0.15) is 13.2 Å². The highest BCUT2D eigenvalue weighted by atomic mass is 19.4. The van der Waals surface area contributed by atoms with Crippen LogP contribution in [0.2, 0.25) is 0 Å². The van der Waals surface area contributed by atoms with Gasteiger partial charge in [0, 0.05) is 11.1 Å². The van der Waals surface area contributed by atoms with Crippen molar-refractivity contribution in [3.05, 3.63) is 77.8 Å². The second-order valence-corrected chi connectivity index (χ2v) is 4.76. The number of nitrogens with zero attached hydrogens (tertiary/aromatic N) is 1. The molecule has 0 N–H and O–H groups in total. The maximum Gasteiger partial charge on any atom is 0.468 e. The number of halogens is 3. The van der Waals surface area contributed by atoms with Crippen LogP contribution < -0.4 is 0 Å². The zero-order valence-corrected chi connectivity index (χ0v) is 11.7. The van der Waals surface area contributed by atoms with E-state index in [9.17, 15) is 18.0 Å². The topological polar surface area (TPSA) is 43.1 Å². The van der Waals surface area contributed by atoms with Crippen molar-refractivity contribution in [2.75, 3.05) is 0 Å². The van der Waals surface area contributed by atoms with Crippen LogP contribution in [0.15, 0.2) is 65.1 Å². The maximum absolute atomic E-state index is 12.9. The van der Waals surface area contributed by atoms with E-state index in [1.807, 2.05) is 0 Å². The second kappa shape index (κ2) is 5.72. The Hall–Kier alpha value is -2.89. The number of carbonyl (C=O) groups is 1. The molecule has 116 valence electrons. The Morgan fingerprint density at radius 1 is 0.913 bits per heavy atom. The molecule has 0 radical (unpaired) electrons. The molecule has 0 unspecified atom stereocenters. The molecule has 1 heterocycles. The van der Waals surface area contributed by atoms with E-state index in [1.54, 1.807) is 48.5 Å². The van der Waals surface area contributed by atoms with Crippen molar-refractivity contribution in [1.29, 1.82) is 0 Å². The number of benzene rings is 2. The molecule has 0 bridgehead atoms. The smallest absolute Gasteiger partial charge is 0.432 e. The van der Waals surface area contributed by atoms with Crippen LogP contribution in [0.5, 0.6) is 0 Å². The van der Waals surface area contributed by atoms with E-state index in [-0.39, 0.29) is 17.0 Å². The highest BCUT2D eigenvalue weighted by Gasteiger charge is 2.39. The van der Waals surface area contributed by atoms with Crippen LogP contribution in [0.3, 0.4) is 0 Å². The first-order valence-electron chi connectivity index (χ1n) is 6.70. The predicted octanol–water partition coefficient (Wildman–Crippen LogP) is 4.59. The number of alkyl halides is 3. The average molecular weight is 317 g/mol. The molecule has 6 heteroatoms. The Bertz CT molecular complexity index is 824. The highest BCUT2D eigenvalue weighted by molar-refractivity contribution is 6.10. The van der Waals surface area contributed by atoms with E-state index in [0.29, 0.717) is 5.56 Å². The van der Waals surface area contributed by atoms with Gasteiger partial charge in [0.05, 0.1) is 0 Å². The van der Waals surface area contributed by atoms with E-state index in [1.165, 1.54) is 12.1 Å². The van der Waals surface area contributed by atoms with Gasteiger partial charge in [-0.15, -0.1) is 0 Å². The minimum absolute atomic E-state index is 0.188. The fraction of sp³-hybridized carbons (Fsp3) is 0.0588. The third-order valence-electron chi connectivity index (χ3n) is 3.16. The fourth-order valence-electron chi connectivity index (χ4n) is 2.11. The first kappa shape index (κ1) is 15.0. The number of hydrogen-bond donors (Lipinski definition) is 0. The van der Waals surface area contributed by atoms with E-state index in [2.05, 4.69) is 4.98 Å². The van der Waals surface area contributed by atoms with Crippen molar-refractivity contribution in [1.82, 2.24) is 4.98 Å². The molecule has 0 aliphatic rings. The summed E-state index contributed by atoms with van der Waals surface area (Å²) in [7, 11) is 0. The van der Waals surface area contributed by atoms with Crippen molar-refractivity contribution in [3.8, 4) is 11.3 Å². The third kappa shape index (κ3) is 3.01. The molecular formula is C17H10F3NO2. The summed E-state index contributed by atoms with van der Waals surface area (Å²) in [5.74, 6) is -2.24. The lowest BCUT2D eigenvalue weighted by molar-refractivity contribution is -0.156. The lowest BCUT2D eigenvalue weighted by Gasteiger charge is -2.01. The Kier molecular flexibility index (Phi) is 3.73. The Morgan fingerprint density at radius 2 is 1.48 bits per heavy atom. The number of aromatic nitrogens is 1. The second-order valence-electron chi connectivity index (χ2n) is 4.76. The molecule has 0 saturated heterocycles. The summed E-state index contributed by atoms with van der Waals surface area (Å²) in [6, 6.07) is 16.1. The van der Waals surface area contributed by atoms with Crippen molar-refractivity contribution >= 4 is 5.78 Å². The molecule has 0 aliphatic heterocycles. The first-order valence-corrected chi connectivity index (χ1v) is 6.70. The molecule has 3 nitrogen and oxygen atoms in total. The zero-order chi connectivity index (χ0) is 16.4. The van der Waals surface area contributed by atoms with E-state index in [0.717, 1.165) is 0 Å². The molecular weight excluding hydrogens is 307 g/mol. The molecule has 3 aromatic rings. The van der Waals surface area contributed by atoms with Gasteiger partial charge in [0.2, 0.25) is 5.78 Å². The molecule has 0 amide bonds. The van der Waals surface area contributed by atoms with Gasteiger partial charge in [-0.1, -0.05) is 60.7 Å². The number of rotatable bonds is 3. The van der Waals surface area contributed by atoms with Gasteiger partial charge in [-0.25, -0.2) is 4.98 Å². The van der Waals surface area contributed by atoms with E-state index < -0.39 is 17.9 Å². The van der Waals surface area contributed by atoms with Crippen molar-refractivity contribution in [2.24, 2.45) is 0 Å². The van der Waals surface area contributed by atoms with Gasteiger partial charge in [0.1, 0.15) is 0 Å². The van der Waals surface area contributed by atoms with Crippen LogP contribution in [0, 0.1) is 0 Å². The van der Waals surface area contributed by atoms with Crippen LogP contribution in [-0.4, -0.2) is 10.8 Å². The third-order valence-corrected chi connectivity index (χ3v) is 3.16. The summed E-state index contributed by atoms with van der Waals surface area (Å²) in [5.41, 5.74) is 0.246. The predicted molar refractivity (Wildman–Crippen MR) is 76.8 cm³/mol. The minimum atomic E-state index is -4.77. The zero-order valence-electron chi connectivity index (χ0n) is 11.7. The minimum Gasteiger partial charge on any atom is -0.432 e. The van der Waals surface area contributed by atoms with Crippen LogP contribution in [0.1, 0.15) is 21.9 Å². The molecule has 0 atom stereocenters. The Morgan fingerprint density at radius 3 is 2.04 bits per heavy atom. The maximum atomic E-state index is 12.9. The summed E-state index contributed by atoms with van der Waals surface area (Å²) in [4.78, 5) is 15.9. The number of carbonyl (C=O) groups excluding carboxylic acids is 1. The van der Waals surface area contributed by atoms with Gasteiger partial charge in [-0.05, 0) is 0 Å². The first-order chi connectivity index (χ1) is 11.0. The average Bonchev–Trinajstić information content (AvgIpc) is 3.01. The monoisotopic (exact) mass is 317 g/mol. The van der Waals surface area contributed by atoms with Gasteiger partial charge in [-0.3, -0.25) is 4.79 Å². The summed E-state index contributed by atoms with van der Waals surface area (Å²) in [6.07, 6.45) is -4.77. The number of ketones is 1. The lowest BCUT2D eigenvalue weighted by atomic mass is 10.0. The molecule has 1 aromatic heterocycles. The van der Waals surface area contributed by atoms with Crippen molar-refractivity contribution in [3.63, 3.8) is 0 Å². The van der Waals surface area contributed by atoms with E-state index in [4.69, 9.17) is 4.42 Å². The summed E-state index contributed by atoms with van der Waals surface area (Å²) >= 11 is 0. The quantitative estimate of drug-likeness (QED) is 0.664. The lowest BCUT2D eigenvalue weighted by Crippen LogP contribution is -2.07. The largest absolute Gasteiger partial charge is 0.468 e. The van der Waals surface area contributed by atoms with Crippen LogP contribution in [0.25, 0.3) is 11.3 Å². The summed E-state index contributed by atoms with van der Waals surface area (Å²) in [5, 5.41) is 0. The van der Waals surface area contributed by atoms with E-state index >= 15 is 0 Å². The van der Waals surface area contributed by atoms with Gasteiger partial charge in [0.15, 0.2) is 11.5 Å². The molecule has 0 fully saturated rings. The standard InChI is InChI=1S/C17H10F3NO2/c18-17(19,20)16-21-13(14(22)11-7-3-1-4-8-11)15(23-16)12-9-5-2-6-10-12/h1-10H. The Balaban J connectivity index is 2.15. The molecule has 0 saturated carbocycles. The van der Waals surface area contributed by atoms with Gasteiger partial charge < -0.3 is 4.42 Å². The normalized spacial score (nSPS) is 11.4. The summed E-state index contributed by atoms with van der Waals surface area (Å²) in [6.45, 7) is 0. The SMILES string of the molecule is O=C(c1ccccc1)c1nc(C(F)(F)F)oc1-c1ccccc1. The number of hydrogen-bond acceptors (Lipinski definition) is 3. The summed E-state index contributed by atoms with van der Waals surface area (Å²) < 4.78 is 43.5. The molecule has 0 aliphatic carbocycles. The fourth-order valence-corrected chi connectivity index (χ4v) is 2.11.